The number of fused-ring (bicyclic) bond motifs is 1. The minimum Gasteiger partial charge on any atom is -0.370 e. The van der Waals surface area contributed by atoms with E-state index in [-0.39, 0.29) is 6.10 Å². The molecular formula is C21H30N6O. The fourth-order valence-corrected chi connectivity index (χ4v) is 4.14. The van der Waals surface area contributed by atoms with E-state index in [0.29, 0.717) is 13.2 Å². The van der Waals surface area contributed by atoms with E-state index < -0.39 is 0 Å². The Hall–Kier alpha value is -2.41. The fraction of sp³-hybridized carbons (Fsp3) is 0.571. The van der Waals surface area contributed by atoms with E-state index in [1.54, 1.807) is 0 Å². The van der Waals surface area contributed by atoms with Gasteiger partial charge in [0.1, 0.15) is 11.9 Å². The Bertz CT molecular complexity index is 830. The second-order valence-electron chi connectivity index (χ2n) is 7.56. The molecule has 0 amide bonds. The van der Waals surface area contributed by atoms with Crippen LogP contribution in [-0.4, -0.2) is 52.4 Å². The molecule has 1 aromatic heterocycles. The Morgan fingerprint density at radius 3 is 2.96 bits per heavy atom. The monoisotopic (exact) mass is 382 g/mol. The normalized spacial score (nSPS) is 20.6. The highest BCUT2D eigenvalue weighted by atomic mass is 16.5. The van der Waals surface area contributed by atoms with Crippen molar-refractivity contribution in [1.29, 1.82) is 0 Å². The molecule has 0 saturated carbocycles. The lowest BCUT2D eigenvalue weighted by molar-refractivity contribution is -0.00835. The molecule has 7 heteroatoms. The number of nitrogens with zero attached hydrogens (tertiary/aromatic N) is 5. The molecule has 7 nitrogen and oxygen atoms in total. The van der Waals surface area contributed by atoms with Crippen LogP contribution in [-0.2, 0) is 24.2 Å². The SMILES string of the molecule is CN=C(NCc1nnc2n1CCCCC2)N1CCOC(c2ccccc2C)C1. The van der Waals surface area contributed by atoms with Gasteiger partial charge in [-0.2, -0.15) is 0 Å². The maximum absolute atomic E-state index is 6.06. The minimum atomic E-state index is 0.0675. The first-order valence-electron chi connectivity index (χ1n) is 10.3. The van der Waals surface area contributed by atoms with Gasteiger partial charge in [0.05, 0.1) is 19.7 Å². The van der Waals surface area contributed by atoms with Gasteiger partial charge >= 0.3 is 0 Å². The summed E-state index contributed by atoms with van der Waals surface area (Å²) in [4.78, 5) is 6.79. The van der Waals surface area contributed by atoms with Gasteiger partial charge < -0.3 is 19.5 Å². The van der Waals surface area contributed by atoms with Crippen molar-refractivity contribution in [3.63, 3.8) is 0 Å². The number of rotatable bonds is 3. The Kier molecular flexibility index (Phi) is 5.90. The van der Waals surface area contributed by atoms with Crippen LogP contribution in [0.25, 0.3) is 0 Å². The summed E-state index contributed by atoms with van der Waals surface area (Å²) in [7, 11) is 1.84. The van der Waals surface area contributed by atoms with Gasteiger partial charge in [-0.15, -0.1) is 10.2 Å². The summed E-state index contributed by atoms with van der Waals surface area (Å²) >= 11 is 0. The zero-order valence-corrected chi connectivity index (χ0v) is 16.9. The van der Waals surface area contributed by atoms with E-state index in [9.17, 15) is 0 Å². The molecule has 2 aromatic rings. The topological polar surface area (TPSA) is 67.6 Å². The van der Waals surface area contributed by atoms with Crippen LogP contribution < -0.4 is 5.32 Å². The summed E-state index contributed by atoms with van der Waals surface area (Å²) in [5, 5.41) is 12.3. The lowest BCUT2D eigenvalue weighted by atomic mass is 10.0. The standard InChI is InChI=1S/C21H30N6O/c1-16-8-5-6-9-17(16)18-15-26(12-13-28-18)21(22-2)23-14-20-25-24-19-10-4-3-7-11-27(19)20/h5-6,8-9,18H,3-4,7,10-15H2,1-2H3,(H,22,23). The molecule has 1 N–H and O–H groups in total. The number of hydrogen-bond acceptors (Lipinski definition) is 4. The largest absolute Gasteiger partial charge is 0.370 e. The number of aromatic nitrogens is 3. The van der Waals surface area contributed by atoms with Crippen molar-refractivity contribution in [1.82, 2.24) is 25.0 Å². The van der Waals surface area contributed by atoms with Gasteiger partial charge in [0.25, 0.3) is 0 Å². The van der Waals surface area contributed by atoms with E-state index >= 15 is 0 Å². The van der Waals surface area contributed by atoms with Crippen molar-refractivity contribution >= 4 is 5.96 Å². The molecule has 0 aliphatic carbocycles. The van der Waals surface area contributed by atoms with Crippen LogP contribution >= 0.6 is 0 Å². The molecule has 150 valence electrons. The van der Waals surface area contributed by atoms with Gasteiger partial charge in [-0.25, -0.2) is 0 Å². The summed E-state index contributed by atoms with van der Waals surface area (Å²) in [5.41, 5.74) is 2.52. The average Bonchev–Trinajstić information content (AvgIpc) is 2.95. The Morgan fingerprint density at radius 1 is 1.21 bits per heavy atom. The van der Waals surface area contributed by atoms with E-state index in [1.165, 1.54) is 30.4 Å². The predicted molar refractivity (Wildman–Crippen MR) is 109 cm³/mol. The van der Waals surface area contributed by atoms with Crippen LogP contribution in [0.3, 0.4) is 0 Å². The number of guanidine groups is 1. The molecule has 4 rings (SSSR count). The van der Waals surface area contributed by atoms with Crippen LogP contribution in [0.2, 0.25) is 0 Å². The third-order valence-electron chi connectivity index (χ3n) is 5.70. The number of aryl methyl sites for hydroxylation is 2. The van der Waals surface area contributed by atoms with Crippen molar-refractivity contribution in [2.45, 2.75) is 51.8 Å². The molecule has 1 aromatic carbocycles. The van der Waals surface area contributed by atoms with Crippen LogP contribution in [0.4, 0.5) is 0 Å². The number of hydrogen-bond donors (Lipinski definition) is 1. The Labute approximate surface area is 166 Å². The molecule has 2 aliphatic heterocycles. The zero-order chi connectivity index (χ0) is 19.3. The second-order valence-corrected chi connectivity index (χ2v) is 7.56. The lowest BCUT2D eigenvalue weighted by Crippen LogP contribution is -2.48. The van der Waals surface area contributed by atoms with Crippen molar-refractivity contribution in [3.05, 3.63) is 47.0 Å². The first-order chi connectivity index (χ1) is 13.8. The second kappa shape index (κ2) is 8.73. The quantitative estimate of drug-likeness (QED) is 0.652. The van der Waals surface area contributed by atoms with Gasteiger partial charge in [-0.3, -0.25) is 4.99 Å². The molecule has 3 heterocycles. The summed E-state index contributed by atoms with van der Waals surface area (Å²) in [6, 6.07) is 8.45. The van der Waals surface area contributed by atoms with Crippen molar-refractivity contribution in [2.75, 3.05) is 26.7 Å². The number of benzene rings is 1. The van der Waals surface area contributed by atoms with Gasteiger partial charge in [0.15, 0.2) is 11.8 Å². The molecule has 1 fully saturated rings. The van der Waals surface area contributed by atoms with Crippen molar-refractivity contribution < 1.29 is 4.74 Å². The van der Waals surface area contributed by atoms with Gasteiger partial charge in [-0.05, 0) is 30.9 Å². The fourth-order valence-electron chi connectivity index (χ4n) is 4.14. The molecule has 1 saturated heterocycles. The molecule has 0 bridgehead atoms. The van der Waals surface area contributed by atoms with Crippen LogP contribution in [0.15, 0.2) is 29.3 Å². The number of aliphatic imine (C=N–C) groups is 1. The highest BCUT2D eigenvalue weighted by Gasteiger charge is 2.25. The molecule has 0 spiro atoms. The summed E-state index contributed by atoms with van der Waals surface area (Å²) in [5.74, 6) is 3.02. The maximum Gasteiger partial charge on any atom is 0.194 e. The van der Waals surface area contributed by atoms with E-state index in [4.69, 9.17) is 4.74 Å². The summed E-state index contributed by atoms with van der Waals surface area (Å²) < 4.78 is 8.34. The third-order valence-corrected chi connectivity index (χ3v) is 5.70. The Balaban J connectivity index is 1.42. The first-order valence-corrected chi connectivity index (χ1v) is 10.3. The highest BCUT2D eigenvalue weighted by Crippen LogP contribution is 2.25. The van der Waals surface area contributed by atoms with Gasteiger partial charge in [-0.1, -0.05) is 30.7 Å². The van der Waals surface area contributed by atoms with Crippen LogP contribution in [0, 0.1) is 6.92 Å². The van der Waals surface area contributed by atoms with Crippen molar-refractivity contribution in [3.8, 4) is 0 Å². The summed E-state index contributed by atoms with van der Waals surface area (Å²) in [6.07, 6.45) is 4.78. The summed E-state index contributed by atoms with van der Waals surface area (Å²) in [6.45, 7) is 6.13. The number of nitrogens with one attached hydrogen (secondary N) is 1. The third kappa shape index (κ3) is 4.04. The molecule has 28 heavy (non-hydrogen) atoms. The van der Waals surface area contributed by atoms with Crippen LogP contribution in [0.1, 0.15) is 48.1 Å². The molecule has 2 aliphatic rings. The van der Waals surface area contributed by atoms with Crippen molar-refractivity contribution in [2.24, 2.45) is 4.99 Å². The predicted octanol–water partition coefficient (Wildman–Crippen LogP) is 2.46. The number of morpholine rings is 1. The van der Waals surface area contributed by atoms with Gasteiger partial charge in [0.2, 0.25) is 0 Å². The Morgan fingerprint density at radius 2 is 2.11 bits per heavy atom. The molecule has 0 radical (unpaired) electrons. The van der Waals surface area contributed by atoms with Crippen LogP contribution in [0.5, 0.6) is 0 Å². The van der Waals surface area contributed by atoms with E-state index in [1.807, 2.05) is 7.05 Å². The van der Waals surface area contributed by atoms with E-state index in [2.05, 4.69) is 61.2 Å². The molecule has 1 unspecified atom stereocenters. The zero-order valence-electron chi connectivity index (χ0n) is 16.9. The van der Waals surface area contributed by atoms with Gasteiger partial charge in [0, 0.05) is 26.6 Å². The lowest BCUT2D eigenvalue weighted by Gasteiger charge is -2.35. The highest BCUT2D eigenvalue weighted by molar-refractivity contribution is 5.80. The average molecular weight is 383 g/mol. The smallest absolute Gasteiger partial charge is 0.194 e. The molecular weight excluding hydrogens is 352 g/mol. The molecule has 1 atom stereocenters. The minimum absolute atomic E-state index is 0.0675. The maximum atomic E-state index is 6.06. The first kappa shape index (κ1) is 18.9. The number of ether oxygens (including phenoxy) is 1. The van der Waals surface area contributed by atoms with E-state index in [0.717, 1.165) is 43.7 Å².